The second-order valence-corrected chi connectivity index (χ2v) is 6.90. The number of aliphatic hydroxyl groups is 3. The Morgan fingerprint density at radius 2 is 1.85 bits per heavy atom. The molecule has 148 valence electrons. The zero-order valence-corrected chi connectivity index (χ0v) is 16.4. The smallest absolute Gasteiger partial charge is 0.206 e. The Bertz CT molecular complexity index is 758. The SMILES string of the molecule is CC(C)Nc1nc2cc(Cl)c(Cl)cc2n1[C@H]1O[C@@H](CO)[C@H](O)[C@@H]1O.Cl.O. The van der Waals surface area contributed by atoms with E-state index in [9.17, 15) is 15.3 Å². The number of hydrogen-bond acceptors (Lipinski definition) is 6. The molecule has 1 aliphatic rings. The number of fused-ring (bicyclic) bond motifs is 1. The molecule has 3 rings (SSSR count). The average molecular weight is 431 g/mol. The summed E-state index contributed by atoms with van der Waals surface area (Å²) in [6.45, 7) is 3.49. The highest BCUT2D eigenvalue weighted by atomic mass is 35.5. The van der Waals surface area contributed by atoms with Gasteiger partial charge >= 0.3 is 0 Å². The van der Waals surface area contributed by atoms with E-state index in [4.69, 9.17) is 27.9 Å². The summed E-state index contributed by atoms with van der Waals surface area (Å²) in [5.41, 5.74) is 1.17. The number of aliphatic hydroxyl groups excluding tert-OH is 3. The van der Waals surface area contributed by atoms with Crippen LogP contribution in [0.1, 0.15) is 20.1 Å². The van der Waals surface area contributed by atoms with Crippen LogP contribution in [0.3, 0.4) is 0 Å². The van der Waals surface area contributed by atoms with Crippen LogP contribution in [0.2, 0.25) is 10.0 Å². The van der Waals surface area contributed by atoms with Crippen molar-refractivity contribution >= 4 is 52.6 Å². The van der Waals surface area contributed by atoms with Gasteiger partial charge in [0, 0.05) is 6.04 Å². The summed E-state index contributed by atoms with van der Waals surface area (Å²) < 4.78 is 7.26. The first kappa shape index (κ1) is 23.2. The lowest BCUT2D eigenvalue weighted by molar-refractivity contribution is -0.0499. The summed E-state index contributed by atoms with van der Waals surface area (Å²) in [5, 5.41) is 33.6. The van der Waals surface area contributed by atoms with Gasteiger partial charge in [0.05, 0.1) is 27.7 Å². The Morgan fingerprint density at radius 1 is 1.23 bits per heavy atom. The molecule has 1 saturated heterocycles. The van der Waals surface area contributed by atoms with E-state index in [1.54, 1.807) is 16.7 Å². The first-order valence-corrected chi connectivity index (χ1v) is 8.35. The number of nitrogens with zero attached hydrogens (tertiary/aromatic N) is 2. The highest BCUT2D eigenvalue weighted by molar-refractivity contribution is 6.42. The number of benzene rings is 1. The molecule has 0 radical (unpaired) electrons. The van der Waals surface area contributed by atoms with Gasteiger partial charge in [-0.05, 0) is 26.0 Å². The molecule has 4 atom stereocenters. The summed E-state index contributed by atoms with van der Waals surface area (Å²) in [7, 11) is 0. The van der Waals surface area contributed by atoms with Crippen molar-refractivity contribution in [2.24, 2.45) is 0 Å². The van der Waals surface area contributed by atoms with Crippen LogP contribution in [0.4, 0.5) is 5.95 Å². The van der Waals surface area contributed by atoms with E-state index in [0.29, 0.717) is 27.0 Å². The zero-order chi connectivity index (χ0) is 17.6. The van der Waals surface area contributed by atoms with Crippen molar-refractivity contribution in [3.63, 3.8) is 0 Å². The fraction of sp³-hybridized carbons (Fsp3) is 0.533. The largest absolute Gasteiger partial charge is 0.412 e. The minimum atomic E-state index is -1.22. The first-order valence-electron chi connectivity index (χ1n) is 7.59. The highest BCUT2D eigenvalue weighted by Crippen LogP contribution is 2.37. The van der Waals surface area contributed by atoms with Crippen molar-refractivity contribution in [3.05, 3.63) is 22.2 Å². The third kappa shape index (κ3) is 4.02. The van der Waals surface area contributed by atoms with Crippen LogP contribution < -0.4 is 5.32 Å². The Morgan fingerprint density at radius 3 is 2.38 bits per heavy atom. The van der Waals surface area contributed by atoms with Gasteiger partial charge in [0.1, 0.15) is 18.3 Å². The second kappa shape index (κ2) is 8.90. The van der Waals surface area contributed by atoms with Crippen LogP contribution in [0.25, 0.3) is 11.0 Å². The second-order valence-electron chi connectivity index (χ2n) is 6.09. The molecule has 0 unspecified atom stereocenters. The quantitative estimate of drug-likeness (QED) is 0.579. The standard InChI is InChI=1S/C15H19Cl2N3O4.ClH.H2O/c1-6(2)18-15-19-9-3-7(16)8(17)4-10(9)20(15)14-13(23)12(22)11(5-21)24-14;;/h3-4,6,11-14,21-23H,5H2,1-2H3,(H,18,19);1H;1H2/t11-,12-,13-,14-;;/m0../s1. The number of aromatic nitrogens is 2. The number of rotatable bonds is 4. The number of imidazole rings is 1. The predicted molar refractivity (Wildman–Crippen MR) is 102 cm³/mol. The number of ether oxygens (including phenoxy) is 1. The van der Waals surface area contributed by atoms with Gasteiger partial charge in [-0.25, -0.2) is 4.98 Å². The monoisotopic (exact) mass is 429 g/mol. The molecule has 0 spiro atoms. The van der Waals surface area contributed by atoms with E-state index in [-0.39, 0.29) is 23.9 Å². The van der Waals surface area contributed by atoms with Crippen molar-refractivity contribution in [2.75, 3.05) is 11.9 Å². The van der Waals surface area contributed by atoms with Crippen LogP contribution in [-0.4, -0.2) is 61.3 Å². The minimum absolute atomic E-state index is 0. The Balaban J connectivity index is 0.00000169. The van der Waals surface area contributed by atoms with E-state index in [1.165, 1.54) is 0 Å². The molecular weight excluding hydrogens is 409 g/mol. The molecule has 0 bridgehead atoms. The number of anilines is 1. The normalized spacial score (nSPS) is 25.2. The van der Waals surface area contributed by atoms with Crippen molar-refractivity contribution in [1.29, 1.82) is 0 Å². The molecule has 1 aromatic heterocycles. The Kier molecular flexibility index (Phi) is 7.94. The van der Waals surface area contributed by atoms with Crippen LogP contribution in [0.5, 0.6) is 0 Å². The molecule has 6 N–H and O–H groups in total. The molecule has 11 heteroatoms. The molecule has 0 saturated carbocycles. The summed E-state index contributed by atoms with van der Waals surface area (Å²) in [4.78, 5) is 4.48. The number of nitrogens with one attached hydrogen (secondary N) is 1. The molecule has 2 aromatic rings. The third-order valence-electron chi connectivity index (χ3n) is 3.92. The van der Waals surface area contributed by atoms with Crippen LogP contribution in [0, 0.1) is 0 Å². The topological polar surface area (TPSA) is 131 Å². The Hall–Kier alpha value is -0.840. The fourth-order valence-electron chi connectivity index (χ4n) is 2.80. The van der Waals surface area contributed by atoms with Crippen molar-refractivity contribution in [2.45, 2.75) is 44.4 Å². The minimum Gasteiger partial charge on any atom is -0.412 e. The third-order valence-corrected chi connectivity index (χ3v) is 4.64. The van der Waals surface area contributed by atoms with E-state index in [0.717, 1.165) is 0 Å². The fourth-order valence-corrected chi connectivity index (χ4v) is 3.12. The maximum atomic E-state index is 10.4. The molecule has 1 aliphatic heterocycles. The maximum absolute atomic E-state index is 10.4. The number of hydrogen-bond donors (Lipinski definition) is 4. The van der Waals surface area contributed by atoms with Gasteiger partial charge in [-0.15, -0.1) is 12.4 Å². The summed E-state index contributed by atoms with van der Waals surface area (Å²) >= 11 is 12.2. The zero-order valence-electron chi connectivity index (χ0n) is 14.1. The summed E-state index contributed by atoms with van der Waals surface area (Å²) in [5.74, 6) is 0.452. The van der Waals surface area contributed by atoms with Gasteiger partial charge in [0.2, 0.25) is 5.95 Å². The van der Waals surface area contributed by atoms with Gasteiger partial charge in [-0.1, -0.05) is 23.2 Å². The Labute approximate surface area is 166 Å². The molecular formula is C15H22Cl3N3O5. The van der Waals surface area contributed by atoms with Crippen molar-refractivity contribution in [1.82, 2.24) is 9.55 Å². The first-order chi connectivity index (χ1) is 11.3. The van der Waals surface area contributed by atoms with E-state index >= 15 is 0 Å². The van der Waals surface area contributed by atoms with Gasteiger partial charge in [-0.3, -0.25) is 4.57 Å². The lowest BCUT2D eigenvalue weighted by Crippen LogP contribution is -2.33. The maximum Gasteiger partial charge on any atom is 0.206 e. The average Bonchev–Trinajstić information content (AvgIpc) is 2.97. The van der Waals surface area contributed by atoms with E-state index in [2.05, 4.69) is 10.3 Å². The highest BCUT2D eigenvalue weighted by Gasteiger charge is 2.44. The molecule has 0 amide bonds. The molecule has 0 aliphatic carbocycles. The van der Waals surface area contributed by atoms with Crippen molar-refractivity contribution < 1.29 is 25.5 Å². The van der Waals surface area contributed by atoms with Crippen LogP contribution >= 0.6 is 35.6 Å². The lowest BCUT2D eigenvalue weighted by atomic mass is 10.1. The molecule has 1 fully saturated rings. The predicted octanol–water partition coefficient (Wildman–Crippen LogP) is 1.37. The summed E-state index contributed by atoms with van der Waals surface area (Å²) in [6, 6.07) is 3.33. The molecule has 2 heterocycles. The van der Waals surface area contributed by atoms with Crippen LogP contribution in [-0.2, 0) is 4.74 Å². The van der Waals surface area contributed by atoms with E-state index in [1.807, 2.05) is 13.8 Å². The number of halogens is 3. The molecule has 8 nitrogen and oxygen atoms in total. The molecule has 1 aromatic carbocycles. The van der Waals surface area contributed by atoms with Gasteiger partial charge < -0.3 is 30.8 Å². The summed E-state index contributed by atoms with van der Waals surface area (Å²) in [6.07, 6.45) is -4.22. The molecule has 26 heavy (non-hydrogen) atoms. The lowest BCUT2D eigenvalue weighted by Gasteiger charge is -2.21. The van der Waals surface area contributed by atoms with Crippen LogP contribution in [0.15, 0.2) is 12.1 Å². The van der Waals surface area contributed by atoms with Gasteiger partial charge in [0.15, 0.2) is 6.23 Å². The van der Waals surface area contributed by atoms with Crippen molar-refractivity contribution in [3.8, 4) is 0 Å². The van der Waals surface area contributed by atoms with E-state index < -0.39 is 31.1 Å². The van der Waals surface area contributed by atoms with Gasteiger partial charge in [0.25, 0.3) is 0 Å². The van der Waals surface area contributed by atoms with Gasteiger partial charge in [-0.2, -0.15) is 0 Å².